The topological polar surface area (TPSA) is 67.6 Å². The van der Waals surface area contributed by atoms with Crippen LogP contribution < -0.4 is 11.1 Å². The third kappa shape index (κ3) is 3.76. The number of hydrogen-bond donors (Lipinski definition) is 2. The molecule has 2 fully saturated rings. The van der Waals surface area contributed by atoms with Gasteiger partial charge in [-0.05, 0) is 53.4 Å². The predicted octanol–water partition coefficient (Wildman–Crippen LogP) is 1.26. The first-order chi connectivity index (χ1) is 9.83. The van der Waals surface area contributed by atoms with Crippen LogP contribution in [0, 0.1) is 0 Å². The summed E-state index contributed by atoms with van der Waals surface area (Å²) in [5, 5.41) is 3.35. The zero-order chi connectivity index (χ0) is 15.6. The summed E-state index contributed by atoms with van der Waals surface area (Å²) in [7, 11) is 0. The minimum Gasteiger partial charge on any atom is -0.375 e. The fourth-order valence-electron chi connectivity index (χ4n) is 4.08. The average Bonchev–Trinajstić information content (AvgIpc) is 2.85. The lowest BCUT2D eigenvalue weighted by atomic mass is 9.90. The Kier molecular flexibility index (Phi) is 5.28. The smallest absolute Gasteiger partial charge is 0.237 e. The highest BCUT2D eigenvalue weighted by atomic mass is 16.5. The van der Waals surface area contributed by atoms with Gasteiger partial charge in [-0.25, -0.2) is 0 Å². The number of fused-ring (bicyclic) bond motifs is 1. The molecule has 1 aliphatic heterocycles. The van der Waals surface area contributed by atoms with Gasteiger partial charge in [0.2, 0.25) is 5.91 Å². The predicted molar refractivity (Wildman–Crippen MR) is 84.0 cm³/mol. The van der Waals surface area contributed by atoms with Crippen LogP contribution in [0.25, 0.3) is 0 Å². The van der Waals surface area contributed by atoms with Crippen LogP contribution in [0.3, 0.4) is 0 Å². The number of primary amides is 1. The number of ether oxygens (including phenoxy) is 1. The van der Waals surface area contributed by atoms with E-state index in [0.717, 1.165) is 19.6 Å². The highest BCUT2D eigenvalue weighted by Crippen LogP contribution is 2.32. The molecule has 5 nitrogen and oxygen atoms in total. The van der Waals surface area contributed by atoms with E-state index < -0.39 is 5.54 Å². The van der Waals surface area contributed by atoms with E-state index in [1.165, 1.54) is 19.3 Å². The molecule has 0 radical (unpaired) electrons. The van der Waals surface area contributed by atoms with E-state index in [9.17, 15) is 4.79 Å². The fourth-order valence-corrected chi connectivity index (χ4v) is 4.08. The van der Waals surface area contributed by atoms with E-state index in [2.05, 4.69) is 17.1 Å². The van der Waals surface area contributed by atoms with Crippen molar-refractivity contribution in [2.75, 3.05) is 13.2 Å². The summed E-state index contributed by atoms with van der Waals surface area (Å²) in [6.07, 6.45) is 4.75. The molecule has 122 valence electrons. The molecule has 0 aromatic carbocycles. The number of hydrogen-bond acceptors (Lipinski definition) is 4. The second-order valence-corrected chi connectivity index (χ2v) is 7.19. The number of morpholine rings is 1. The SMILES string of the molecule is CC(C)NC(C)(CC(C)N1CCOC2CCCC21)C(N)=O. The van der Waals surface area contributed by atoms with Crippen LogP contribution in [0.1, 0.15) is 53.4 Å². The second-order valence-electron chi connectivity index (χ2n) is 7.19. The maximum atomic E-state index is 11.9. The van der Waals surface area contributed by atoms with Gasteiger partial charge in [0.25, 0.3) is 0 Å². The minimum atomic E-state index is -0.653. The number of rotatable bonds is 6. The summed E-state index contributed by atoms with van der Waals surface area (Å²) in [5.74, 6) is -0.265. The summed E-state index contributed by atoms with van der Waals surface area (Å²) in [6, 6.07) is 1.08. The van der Waals surface area contributed by atoms with Crippen molar-refractivity contribution in [1.82, 2.24) is 10.2 Å². The molecule has 1 aliphatic carbocycles. The Labute approximate surface area is 128 Å². The molecule has 4 atom stereocenters. The Balaban J connectivity index is 2.04. The first kappa shape index (κ1) is 16.7. The number of nitrogens with one attached hydrogen (secondary N) is 1. The quantitative estimate of drug-likeness (QED) is 0.774. The molecule has 0 aromatic rings. The van der Waals surface area contributed by atoms with Gasteiger partial charge in [-0.2, -0.15) is 0 Å². The molecule has 5 heteroatoms. The van der Waals surface area contributed by atoms with Gasteiger partial charge >= 0.3 is 0 Å². The van der Waals surface area contributed by atoms with E-state index in [4.69, 9.17) is 10.5 Å². The van der Waals surface area contributed by atoms with Gasteiger partial charge in [0.05, 0.1) is 18.2 Å². The van der Waals surface area contributed by atoms with Crippen molar-refractivity contribution >= 4 is 5.91 Å². The van der Waals surface area contributed by atoms with Crippen LogP contribution in [0.2, 0.25) is 0 Å². The molecule has 1 saturated carbocycles. The zero-order valence-corrected chi connectivity index (χ0v) is 13.9. The molecule has 0 bridgehead atoms. The molecule has 2 rings (SSSR count). The molecule has 4 unspecified atom stereocenters. The van der Waals surface area contributed by atoms with Crippen molar-refractivity contribution < 1.29 is 9.53 Å². The molecular formula is C16H31N3O2. The lowest BCUT2D eigenvalue weighted by Gasteiger charge is -2.44. The Hall–Kier alpha value is -0.650. The Morgan fingerprint density at radius 1 is 1.43 bits per heavy atom. The van der Waals surface area contributed by atoms with Gasteiger partial charge in [-0.1, -0.05) is 0 Å². The molecular weight excluding hydrogens is 266 g/mol. The monoisotopic (exact) mass is 297 g/mol. The van der Waals surface area contributed by atoms with Crippen molar-refractivity contribution in [2.24, 2.45) is 5.73 Å². The van der Waals surface area contributed by atoms with Crippen molar-refractivity contribution in [3.8, 4) is 0 Å². The standard InChI is InChI=1S/C16H31N3O2/c1-11(2)18-16(4,15(17)20)10-12(3)19-8-9-21-14-7-5-6-13(14)19/h11-14,18H,5-10H2,1-4H3,(H2,17,20). The number of carbonyl (C=O) groups excluding carboxylic acids is 1. The van der Waals surface area contributed by atoms with Crippen LogP contribution in [0.5, 0.6) is 0 Å². The fraction of sp³-hybridized carbons (Fsp3) is 0.938. The summed E-state index contributed by atoms with van der Waals surface area (Å²) >= 11 is 0. The van der Waals surface area contributed by atoms with Crippen LogP contribution in [0.15, 0.2) is 0 Å². The van der Waals surface area contributed by atoms with Gasteiger partial charge in [0, 0.05) is 24.7 Å². The maximum absolute atomic E-state index is 11.9. The molecule has 21 heavy (non-hydrogen) atoms. The lowest BCUT2D eigenvalue weighted by molar-refractivity contribution is -0.125. The van der Waals surface area contributed by atoms with Gasteiger partial charge in [-0.15, -0.1) is 0 Å². The molecule has 1 heterocycles. The van der Waals surface area contributed by atoms with Crippen molar-refractivity contribution in [3.63, 3.8) is 0 Å². The minimum absolute atomic E-state index is 0.235. The van der Waals surface area contributed by atoms with Gasteiger partial charge in [0.15, 0.2) is 0 Å². The van der Waals surface area contributed by atoms with Crippen LogP contribution in [0.4, 0.5) is 0 Å². The highest BCUT2D eigenvalue weighted by Gasteiger charge is 2.41. The summed E-state index contributed by atoms with van der Waals surface area (Å²) < 4.78 is 5.88. The highest BCUT2D eigenvalue weighted by molar-refractivity contribution is 5.84. The third-order valence-electron chi connectivity index (χ3n) is 4.95. The molecule has 0 aromatic heterocycles. The largest absolute Gasteiger partial charge is 0.375 e. The summed E-state index contributed by atoms with van der Waals surface area (Å²) in [4.78, 5) is 14.5. The Bertz CT molecular complexity index is 375. The summed E-state index contributed by atoms with van der Waals surface area (Å²) in [5.41, 5.74) is 5.01. The number of nitrogens with two attached hydrogens (primary N) is 1. The van der Waals surface area contributed by atoms with E-state index in [1.54, 1.807) is 0 Å². The Morgan fingerprint density at radius 2 is 2.14 bits per heavy atom. The van der Waals surface area contributed by atoms with Crippen molar-refractivity contribution in [3.05, 3.63) is 0 Å². The van der Waals surface area contributed by atoms with Gasteiger partial charge in [-0.3, -0.25) is 9.69 Å². The number of amides is 1. The molecule has 2 aliphatic rings. The number of nitrogens with zero attached hydrogens (tertiary/aromatic N) is 1. The van der Waals surface area contributed by atoms with Gasteiger partial charge in [0.1, 0.15) is 0 Å². The normalized spacial score (nSPS) is 30.9. The van der Waals surface area contributed by atoms with E-state index >= 15 is 0 Å². The molecule has 3 N–H and O–H groups in total. The first-order valence-corrected chi connectivity index (χ1v) is 8.28. The molecule has 0 spiro atoms. The van der Waals surface area contributed by atoms with Crippen molar-refractivity contribution in [2.45, 2.75) is 83.1 Å². The van der Waals surface area contributed by atoms with Crippen LogP contribution >= 0.6 is 0 Å². The zero-order valence-electron chi connectivity index (χ0n) is 13.9. The molecule has 1 saturated heterocycles. The second kappa shape index (κ2) is 6.63. The third-order valence-corrected chi connectivity index (χ3v) is 4.95. The summed E-state index contributed by atoms with van der Waals surface area (Å²) in [6.45, 7) is 10.00. The Morgan fingerprint density at radius 3 is 2.76 bits per heavy atom. The van der Waals surface area contributed by atoms with Crippen LogP contribution in [-0.2, 0) is 9.53 Å². The van der Waals surface area contributed by atoms with Crippen LogP contribution in [-0.4, -0.2) is 53.7 Å². The van der Waals surface area contributed by atoms with E-state index in [0.29, 0.717) is 18.2 Å². The van der Waals surface area contributed by atoms with Crippen molar-refractivity contribution in [1.29, 1.82) is 0 Å². The first-order valence-electron chi connectivity index (χ1n) is 8.28. The molecule has 1 amide bonds. The van der Waals surface area contributed by atoms with Gasteiger partial charge < -0.3 is 15.8 Å². The van der Waals surface area contributed by atoms with E-state index in [-0.39, 0.29) is 11.9 Å². The lowest BCUT2D eigenvalue weighted by Crippen LogP contribution is -2.60. The maximum Gasteiger partial charge on any atom is 0.237 e. The number of carbonyl (C=O) groups is 1. The average molecular weight is 297 g/mol. The van der Waals surface area contributed by atoms with E-state index in [1.807, 2.05) is 20.8 Å².